The lowest BCUT2D eigenvalue weighted by Gasteiger charge is -2.27. The second-order valence-corrected chi connectivity index (χ2v) is 5.89. The third kappa shape index (κ3) is 5.28. The highest BCUT2D eigenvalue weighted by atomic mass is 16.6. The second-order valence-electron chi connectivity index (χ2n) is 5.89. The zero-order chi connectivity index (χ0) is 18.2. The van der Waals surface area contributed by atoms with Gasteiger partial charge in [-0.25, -0.2) is 0 Å². The minimum absolute atomic E-state index is 0.0117. The van der Waals surface area contributed by atoms with Crippen molar-refractivity contribution in [1.82, 2.24) is 4.90 Å². The maximum atomic E-state index is 12.6. The predicted molar refractivity (Wildman–Crippen MR) is 98.9 cm³/mol. The van der Waals surface area contributed by atoms with E-state index in [0.717, 1.165) is 12.0 Å². The minimum Gasteiger partial charge on any atom is -0.332 e. The number of amides is 1. The first kappa shape index (κ1) is 18.4. The topological polar surface area (TPSA) is 63.5 Å². The molecule has 5 nitrogen and oxygen atoms in total. The van der Waals surface area contributed by atoms with Crippen LogP contribution in [-0.2, 0) is 11.3 Å². The van der Waals surface area contributed by atoms with Crippen LogP contribution in [0.3, 0.4) is 0 Å². The van der Waals surface area contributed by atoms with Gasteiger partial charge in [-0.15, -0.1) is 0 Å². The van der Waals surface area contributed by atoms with E-state index in [2.05, 4.69) is 0 Å². The molecule has 0 spiro atoms. The van der Waals surface area contributed by atoms with E-state index in [4.69, 9.17) is 0 Å². The lowest BCUT2D eigenvalue weighted by molar-refractivity contribution is -0.384. The number of hydrogen-bond donors (Lipinski definition) is 0. The molecule has 0 fully saturated rings. The van der Waals surface area contributed by atoms with Crippen molar-refractivity contribution >= 4 is 17.7 Å². The number of carbonyl (C=O) groups excluding carboxylic acids is 1. The summed E-state index contributed by atoms with van der Waals surface area (Å²) >= 11 is 0. The molecule has 0 radical (unpaired) electrons. The first-order valence-electron chi connectivity index (χ1n) is 8.28. The highest BCUT2D eigenvalue weighted by molar-refractivity contribution is 5.92. The van der Waals surface area contributed by atoms with Gasteiger partial charge in [0.1, 0.15) is 0 Å². The van der Waals surface area contributed by atoms with Gasteiger partial charge in [-0.1, -0.05) is 49.4 Å². The van der Waals surface area contributed by atoms with Crippen LogP contribution in [0.25, 0.3) is 6.08 Å². The summed E-state index contributed by atoms with van der Waals surface area (Å²) in [6.07, 6.45) is 3.95. The number of rotatable bonds is 7. The summed E-state index contributed by atoms with van der Waals surface area (Å²) in [6, 6.07) is 16.2. The van der Waals surface area contributed by atoms with Crippen LogP contribution in [-0.4, -0.2) is 21.8 Å². The lowest BCUT2D eigenvalue weighted by atomic mass is 10.1. The standard InChI is InChI=1S/C20H22N2O3/c1-3-16(2)21(15-18-8-5-4-6-9-18)20(23)13-12-17-10-7-11-19(14-17)22(24)25/h4-14,16H,3,15H2,1-2H3/b13-12+. The molecule has 2 aromatic carbocycles. The molecule has 0 saturated heterocycles. The average molecular weight is 338 g/mol. The Labute approximate surface area is 147 Å². The maximum absolute atomic E-state index is 12.6. The molecule has 2 rings (SSSR count). The number of non-ortho nitro benzene ring substituents is 1. The third-order valence-electron chi connectivity index (χ3n) is 4.10. The van der Waals surface area contributed by atoms with Crippen LogP contribution in [0.15, 0.2) is 60.7 Å². The van der Waals surface area contributed by atoms with E-state index in [1.807, 2.05) is 49.1 Å². The quantitative estimate of drug-likeness (QED) is 0.426. The first-order chi connectivity index (χ1) is 12.0. The molecule has 0 aliphatic heterocycles. The molecule has 25 heavy (non-hydrogen) atoms. The summed E-state index contributed by atoms with van der Waals surface area (Å²) in [5.41, 5.74) is 1.71. The van der Waals surface area contributed by atoms with Gasteiger partial charge in [0, 0.05) is 30.8 Å². The summed E-state index contributed by atoms with van der Waals surface area (Å²) in [4.78, 5) is 24.8. The van der Waals surface area contributed by atoms with E-state index in [0.29, 0.717) is 12.1 Å². The van der Waals surface area contributed by atoms with Crippen molar-refractivity contribution in [2.75, 3.05) is 0 Å². The predicted octanol–water partition coefficient (Wildman–Crippen LogP) is 4.44. The van der Waals surface area contributed by atoms with Gasteiger partial charge >= 0.3 is 0 Å². The van der Waals surface area contributed by atoms with Gasteiger partial charge < -0.3 is 4.90 Å². The van der Waals surface area contributed by atoms with Crippen molar-refractivity contribution in [1.29, 1.82) is 0 Å². The summed E-state index contributed by atoms with van der Waals surface area (Å²) in [5, 5.41) is 10.8. The van der Waals surface area contributed by atoms with E-state index in [9.17, 15) is 14.9 Å². The van der Waals surface area contributed by atoms with Crippen molar-refractivity contribution in [3.63, 3.8) is 0 Å². The van der Waals surface area contributed by atoms with Crippen LogP contribution >= 0.6 is 0 Å². The fraction of sp³-hybridized carbons (Fsp3) is 0.250. The molecule has 1 atom stereocenters. The minimum atomic E-state index is -0.444. The number of nitrogens with zero attached hydrogens (tertiary/aromatic N) is 2. The average Bonchev–Trinajstić information content (AvgIpc) is 2.64. The molecule has 130 valence electrons. The molecule has 0 heterocycles. The molecule has 0 saturated carbocycles. The Morgan fingerprint density at radius 2 is 1.92 bits per heavy atom. The molecule has 0 aliphatic rings. The zero-order valence-electron chi connectivity index (χ0n) is 14.5. The Morgan fingerprint density at radius 1 is 1.20 bits per heavy atom. The second kappa shape index (κ2) is 8.78. The highest BCUT2D eigenvalue weighted by Crippen LogP contribution is 2.16. The summed E-state index contributed by atoms with van der Waals surface area (Å²) in [7, 11) is 0. The summed E-state index contributed by atoms with van der Waals surface area (Å²) < 4.78 is 0. The van der Waals surface area contributed by atoms with Gasteiger partial charge in [-0.05, 0) is 30.5 Å². The molecular formula is C20H22N2O3. The molecule has 1 amide bonds. The van der Waals surface area contributed by atoms with Crippen molar-refractivity contribution in [3.05, 3.63) is 81.9 Å². The first-order valence-corrected chi connectivity index (χ1v) is 8.28. The fourth-order valence-electron chi connectivity index (χ4n) is 2.46. The number of benzene rings is 2. The van der Waals surface area contributed by atoms with Crippen molar-refractivity contribution < 1.29 is 9.72 Å². The van der Waals surface area contributed by atoms with Crippen LogP contribution in [0, 0.1) is 10.1 Å². The van der Waals surface area contributed by atoms with Gasteiger partial charge in [-0.3, -0.25) is 14.9 Å². The molecule has 0 aromatic heterocycles. The number of carbonyl (C=O) groups is 1. The van der Waals surface area contributed by atoms with Gasteiger partial charge in [0.15, 0.2) is 0 Å². The molecule has 0 aliphatic carbocycles. The van der Waals surface area contributed by atoms with Crippen molar-refractivity contribution in [2.24, 2.45) is 0 Å². The van der Waals surface area contributed by atoms with Crippen LogP contribution in [0.4, 0.5) is 5.69 Å². The molecule has 2 aromatic rings. The molecule has 5 heteroatoms. The van der Waals surface area contributed by atoms with Gasteiger partial charge in [-0.2, -0.15) is 0 Å². The monoisotopic (exact) mass is 338 g/mol. The highest BCUT2D eigenvalue weighted by Gasteiger charge is 2.17. The SMILES string of the molecule is CCC(C)N(Cc1ccccc1)C(=O)/C=C/c1cccc([N+](=O)[O-])c1. The Hall–Kier alpha value is -2.95. The fourth-order valence-corrected chi connectivity index (χ4v) is 2.46. The number of nitro benzene ring substituents is 1. The van der Waals surface area contributed by atoms with Crippen LogP contribution in [0.1, 0.15) is 31.4 Å². The van der Waals surface area contributed by atoms with Crippen molar-refractivity contribution in [3.8, 4) is 0 Å². The maximum Gasteiger partial charge on any atom is 0.270 e. The summed E-state index contributed by atoms with van der Waals surface area (Å²) in [5.74, 6) is -0.107. The molecule has 0 N–H and O–H groups in total. The van der Waals surface area contributed by atoms with E-state index < -0.39 is 4.92 Å². The molecule has 0 bridgehead atoms. The van der Waals surface area contributed by atoms with Crippen molar-refractivity contribution in [2.45, 2.75) is 32.9 Å². The lowest BCUT2D eigenvalue weighted by Crippen LogP contribution is -2.36. The van der Waals surface area contributed by atoms with Crippen LogP contribution in [0.2, 0.25) is 0 Å². The Kier molecular flexibility index (Phi) is 6.46. The Morgan fingerprint density at radius 3 is 2.56 bits per heavy atom. The largest absolute Gasteiger partial charge is 0.332 e. The smallest absolute Gasteiger partial charge is 0.270 e. The Balaban J connectivity index is 2.16. The van der Waals surface area contributed by atoms with E-state index >= 15 is 0 Å². The van der Waals surface area contributed by atoms with Gasteiger partial charge in [0.05, 0.1) is 4.92 Å². The van der Waals surface area contributed by atoms with E-state index in [-0.39, 0.29) is 17.6 Å². The van der Waals surface area contributed by atoms with Crippen LogP contribution in [0.5, 0.6) is 0 Å². The van der Waals surface area contributed by atoms with Gasteiger partial charge in [0.25, 0.3) is 5.69 Å². The number of nitro groups is 1. The van der Waals surface area contributed by atoms with Crippen LogP contribution < -0.4 is 0 Å². The normalized spacial score (nSPS) is 12.1. The van der Waals surface area contributed by atoms with Gasteiger partial charge in [0.2, 0.25) is 5.91 Å². The Bertz CT molecular complexity index is 757. The molecular weight excluding hydrogens is 316 g/mol. The molecule has 1 unspecified atom stereocenters. The number of hydrogen-bond acceptors (Lipinski definition) is 3. The van der Waals surface area contributed by atoms with E-state index in [1.165, 1.54) is 18.2 Å². The third-order valence-corrected chi connectivity index (χ3v) is 4.10. The van der Waals surface area contributed by atoms with E-state index in [1.54, 1.807) is 18.2 Å². The zero-order valence-corrected chi connectivity index (χ0v) is 14.5. The summed E-state index contributed by atoms with van der Waals surface area (Å²) in [6.45, 7) is 4.59.